The van der Waals surface area contributed by atoms with Crippen molar-refractivity contribution in [2.24, 2.45) is 5.73 Å². The van der Waals surface area contributed by atoms with E-state index in [9.17, 15) is 17.6 Å². The summed E-state index contributed by atoms with van der Waals surface area (Å²) in [5.74, 6) is -0.456. The highest BCUT2D eigenvalue weighted by molar-refractivity contribution is 5.81. The van der Waals surface area contributed by atoms with Gasteiger partial charge in [-0.2, -0.15) is 13.2 Å². The van der Waals surface area contributed by atoms with Crippen LogP contribution >= 0.6 is 0 Å². The average Bonchev–Trinajstić information content (AvgIpc) is 2.53. The first-order chi connectivity index (χ1) is 10.9. The first-order valence-electron chi connectivity index (χ1n) is 7.01. The van der Waals surface area contributed by atoms with Crippen LogP contribution in [0.3, 0.4) is 0 Å². The lowest BCUT2D eigenvalue weighted by Crippen LogP contribution is -2.37. The van der Waals surface area contributed by atoms with Gasteiger partial charge in [-0.05, 0) is 17.7 Å². The molecular formula is C16H14F4N2O. The number of ether oxygens (including phenoxy) is 1. The minimum absolute atomic E-state index is 0.0542. The molecule has 3 N–H and O–H groups in total. The molecule has 1 atom stereocenters. The lowest BCUT2D eigenvalue weighted by atomic mass is 9.97. The molecule has 0 aliphatic carbocycles. The average molecular weight is 326 g/mol. The van der Waals surface area contributed by atoms with E-state index >= 15 is 0 Å². The van der Waals surface area contributed by atoms with Crippen LogP contribution in [0.2, 0.25) is 0 Å². The molecule has 1 heterocycles. The van der Waals surface area contributed by atoms with Gasteiger partial charge in [-0.1, -0.05) is 18.2 Å². The summed E-state index contributed by atoms with van der Waals surface area (Å²) >= 11 is 0. The van der Waals surface area contributed by atoms with Crippen LogP contribution in [0.25, 0.3) is 11.1 Å². The van der Waals surface area contributed by atoms with Gasteiger partial charge in [-0.15, -0.1) is 0 Å². The van der Waals surface area contributed by atoms with E-state index in [4.69, 9.17) is 10.5 Å². The SMILES string of the molecule is NC[C@H]1CNc2cc(F)cc(-c3ccccc3C(F)(F)F)c2O1. The van der Waals surface area contributed by atoms with Gasteiger partial charge in [0.05, 0.1) is 17.8 Å². The standard InChI is InChI=1S/C16H14F4N2O/c17-9-5-12(11-3-1-2-4-13(11)16(18,19)20)15-14(6-9)22-8-10(7-21)23-15/h1-6,10,22H,7-8,21H2/t10-/m0/s1. The molecule has 7 heteroatoms. The Kier molecular flexibility index (Phi) is 3.89. The van der Waals surface area contributed by atoms with E-state index in [-0.39, 0.29) is 29.5 Å². The number of hydrogen-bond acceptors (Lipinski definition) is 3. The smallest absolute Gasteiger partial charge is 0.417 e. The maximum Gasteiger partial charge on any atom is 0.417 e. The molecule has 0 bridgehead atoms. The van der Waals surface area contributed by atoms with Crippen molar-refractivity contribution < 1.29 is 22.3 Å². The Morgan fingerprint density at radius 2 is 1.91 bits per heavy atom. The van der Waals surface area contributed by atoms with Gasteiger partial charge in [-0.25, -0.2) is 4.39 Å². The highest BCUT2D eigenvalue weighted by atomic mass is 19.4. The number of rotatable bonds is 2. The van der Waals surface area contributed by atoms with E-state index in [0.29, 0.717) is 12.2 Å². The van der Waals surface area contributed by atoms with Crippen molar-refractivity contribution in [1.29, 1.82) is 0 Å². The summed E-state index contributed by atoms with van der Waals surface area (Å²) in [5, 5.41) is 2.95. The number of alkyl halides is 3. The normalized spacial score (nSPS) is 17.2. The van der Waals surface area contributed by atoms with E-state index in [1.54, 1.807) is 0 Å². The van der Waals surface area contributed by atoms with Crippen molar-refractivity contribution >= 4 is 5.69 Å². The molecule has 0 saturated carbocycles. The fourth-order valence-corrected chi connectivity index (χ4v) is 2.58. The highest BCUT2D eigenvalue weighted by Gasteiger charge is 2.35. The van der Waals surface area contributed by atoms with Gasteiger partial charge < -0.3 is 15.8 Å². The zero-order chi connectivity index (χ0) is 16.6. The van der Waals surface area contributed by atoms with Crippen LogP contribution in [0.1, 0.15) is 5.56 Å². The van der Waals surface area contributed by atoms with Gasteiger partial charge in [0.15, 0.2) is 5.75 Å². The van der Waals surface area contributed by atoms with Crippen molar-refractivity contribution in [3.05, 3.63) is 47.8 Å². The zero-order valence-electron chi connectivity index (χ0n) is 12.0. The fourth-order valence-electron chi connectivity index (χ4n) is 2.58. The summed E-state index contributed by atoms with van der Waals surface area (Å²) in [6.07, 6.45) is -4.93. The topological polar surface area (TPSA) is 47.3 Å². The molecular weight excluding hydrogens is 312 g/mol. The van der Waals surface area contributed by atoms with Gasteiger partial charge in [-0.3, -0.25) is 0 Å². The predicted molar refractivity (Wildman–Crippen MR) is 78.8 cm³/mol. The third kappa shape index (κ3) is 2.96. The third-order valence-electron chi connectivity index (χ3n) is 3.64. The highest BCUT2D eigenvalue weighted by Crippen LogP contribution is 2.44. The third-order valence-corrected chi connectivity index (χ3v) is 3.64. The monoisotopic (exact) mass is 326 g/mol. The second-order valence-electron chi connectivity index (χ2n) is 5.23. The van der Waals surface area contributed by atoms with Crippen molar-refractivity contribution in [2.75, 3.05) is 18.4 Å². The lowest BCUT2D eigenvalue weighted by Gasteiger charge is -2.29. The molecule has 0 radical (unpaired) electrons. The molecule has 3 rings (SSSR count). The molecule has 0 fully saturated rings. The molecule has 23 heavy (non-hydrogen) atoms. The van der Waals surface area contributed by atoms with Gasteiger partial charge in [0.1, 0.15) is 11.9 Å². The minimum Gasteiger partial charge on any atom is -0.484 e. The predicted octanol–water partition coefficient (Wildman–Crippen LogP) is 3.64. The molecule has 0 amide bonds. The van der Waals surface area contributed by atoms with E-state index in [0.717, 1.165) is 12.1 Å². The van der Waals surface area contributed by atoms with E-state index in [1.165, 1.54) is 24.3 Å². The Bertz CT molecular complexity index is 731. The van der Waals surface area contributed by atoms with Crippen LogP contribution in [0.15, 0.2) is 36.4 Å². The summed E-state index contributed by atoms with van der Waals surface area (Å²) in [4.78, 5) is 0. The molecule has 0 unspecified atom stereocenters. The van der Waals surface area contributed by atoms with Crippen LogP contribution in [0.4, 0.5) is 23.2 Å². The molecule has 0 aromatic heterocycles. The number of nitrogens with two attached hydrogens (primary N) is 1. The van der Waals surface area contributed by atoms with Crippen molar-refractivity contribution in [3.63, 3.8) is 0 Å². The second-order valence-corrected chi connectivity index (χ2v) is 5.23. The Balaban J connectivity index is 2.20. The quantitative estimate of drug-likeness (QED) is 0.828. The molecule has 2 aromatic rings. The molecule has 0 saturated heterocycles. The molecule has 1 aliphatic rings. The Morgan fingerprint density at radius 3 is 2.61 bits per heavy atom. The summed E-state index contributed by atoms with van der Waals surface area (Å²) < 4.78 is 59.2. The van der Waals surface area contributed by atoms with Crippen LogP contribution in [-0.2, 0) is 6.18 Å². The number of hydrogen-bond donors (Lipinski definition) is 2. The minimum atomic E-state index is -4.55. The van der Waals surface area contributed by atoms with Crippen LogP contribution in [0, 0.1) is 5.82 Å². The second kappa shape index (κ2) is 5.73. The lowest BCUT2D eigenvalue weighted by molar-refractivity contribution is -0.137. The molecule has 122 valence electrons. The van der Waals surface area contributed by atoms with Gasteiger partial charge in [0.2, 0.25) is 0 Å². The van der Waals surface area contributed by atoms with Gasteiger partial charge in [0.25, 0.3) is 0 Å². The number of benzene rings is 2. The Labute approximate surface area is 130 Å². The first kappa shape index (κ1) is 15.6. The Morgan fingerprint density at radius 1 is 1.17 bits per heavy atom. The molecule has 1 aliphatic heterocycles. The van der Waals surface area contributed by atoms with Crippen molar-refractivity contribution in [2.45, 2.75) is 12.3 Å². The van der Waals surface area contributed by atoms with E-state index in [2.05, 4.69) is 5.32 Å². The number of anilines is 1. The van der Waals surface area contributed by atoms with Gasteiger partial charge >= 0.3 is 6.18 Å². The first-order valence-corrected chi connectivity index (χ1v) is 7.01. The van der Waals surface area contributed by atoms with E-state index < -0.39 is 17.6 Å². The summed E-state index contributed by atoms with van der Waals surface area (Å²) in [7, 11) is 0. The molecule has 0 spiro atoms. The molecule has 3 nitrogen and oxygen atoms in total. The fraction of sp³-hybridized carbons (Fsp3) is 0.250. The Hall–Kier alpha value is -2.28. The zero-order valence-corrected chi connectivity index (χ0v) is 12.0. The van der Waals surface area contributed by atoms with Crippen molar-refractivity contribution in [1.82, 2.24) is 0 Å². The maximum atomic E-state index is 13.8. The molecule has 2 aromatic carbocycles. The van der Waals surface area contributed by atoms with Gasteiger partial charge in [0, 0.05) is 18.2 Å². The number of fused-ring (bicyclic) bond motifs is 1. The number of halogens is 4. The largest absolute Gasteiger partial charge is 0.484 e. The number of nitrogens with one attached hydrogen (secondary N) is 1. The van der Waals surface area contributed by atoms with Crippen molar-refractivity contribution in [3.8, 4) is 16.9 Å². The summed E-state index contributed by atoms with van der Waals surface area (Å²) in [6.45, 7) is 0.567. The van der Waals surface area contributed by atoms with E-state index in [1.807, 2.05) is 0 Å². The maximum absolute atomic E-state index is 13.8. The van der Waals surface area contributed by atoms with Crippen LogP contribution in [0.5, 0.6) is 5.75 Å². The van der Waals surface area contributed by atoms with Crippen LogP contribution < -0.4 is 15.8 Å². The van der Waals surface area contributed by atoms with Crippen LogP contribution in [-0.4, -0.2) is 19.2 Å². The summed E-state index contributed by atoms with van der Waals surface area (Å²) in [6, 6.07) is 7.26. The summed E-state index contributed by atoms with van der Waals surface area (Å²) in [5.41, 5.74) is 4.96.